The van der Waals surface area contributed by atoms with Crippen LogP contribution in [0.1, 0.15) is 11.1 Å². The van der Waals surface area contributed by atoms with Crippen LogP contribution in [-0.2, 0) is 11.3 Å². The molecule has 0 unspecified atom stereocenters. The van der Waals surface area contributed by atoms with E-state index in [0.29, 0.717) is 6.61 Å². The highest BCUT2D eigenvalue weighted by Gasteiger charge is 2.16. The summed E-state index contributed by atoms with van der Waals surface area (Å²) in [4.78, 5) is 7.64. The van der Waals surface area contributed by atoms with Crippen molar-refractivity contribution >= 4 is 16.5 Å². The summed E-state index contributed by atoms with van der Waals surface area (Å²) in [6, 6.07) is 12.9. The van der Waals surface area contributed by atoms with Gasteiger partial charge in [-0.3, -0.25) is 10.3 Å². The smallest absolute Gasteiger partial charge is 0.0872 e. The molecule has 0 saturated carbocycles. The number of nitrogens with zero attached hydrogens (tertiary/aromatic N) is 1. The van der Waals surface area contributed by atoms with Crippen molar-refractivity contribution in [2.24, 2.45) is 0 Å². The van der Waals surface area contributed by atoms with Gasteiger partial charge in [-0.15, -0.1) is 0 Å². The van der Waals surface area contributed by atoms with Crippen molar-refractivity contribution < 1.29 is 4.84 Å². The molecule has 20 heavy (non-hydrogen) atoms. The number of fused-ring (bicyclic) bond motifs is 3. The third-order valence-electron chi connectivity index (χ3n) is 3.66. The first-order valence-corrected chi connectivity index (χ1v) is 6.99. The summed E-state index contributed by atoms with van der Waals surface area (Å²) in [6.07, 6.45) is 3.17. The highest BCUT2D eigenvalue weighted by atomic mass is 16.6. The van der Waals surface area contributed by atoms with Crippen LogP contribution in [0.3, 0.4) is 0 Å². The van der Waals surface area contributed by atoms with Crippen molar-refractivity contribution in [1.82, 2.24) is 10.4 Å². The van der Waals surface area contributed by atoms with Crippen LogP contribution in [0, 0.1) is 0 Å². The molecule has 0 radical (unpaired) electrons. The average Bonchev–Trinajstić information content (AvgIpc) is 2.87. The zero-order chi connectivity index (χ0) is 13.9. The number of hydroxylamine groups is 1. The predicted molar refractivity (Wildman–Crippen MR) is 83.3 cm³/mol. The van der Waals surface area contributed by atoms with Gasteiger partial charge in [-0.25, -0.2) is 0 Å². The van der Waals surface area contributed by atoms with Gasteiger partial charge in [0.25, 0.3) is 0 Å². The van der Waals surface area contributed by atoms with Crippen LogP contribution in [0.2, 0.25) is 0 Å². The number of benzene rings is 2. The maximum Gasteiger partial charge on any atom is 0.0872 e. The fraction of sp³-hybridized carbons (Fsp3) is 0.294. The van der Waals surface area contributed by atoms with E-state index in [1.807, 2.05) is 14.1 Å². The first-order chi connectivity index (χ1) is 9.75. The van der Waals surface area contributed by atoms with Gasteiger partial charge >= 0.3 is 0 Å². The highest BCUT2D eigenvalue weighted by Crippen LogP contribution is 2.31. The molecule has 0 heterocycles. The van der Waals surface area contributed by atoms with E-state index in [-0.39, 0.29) is 0 Å². The third-order valence-corrected chi connectivity index (χ3v) is 3.66. The average molecular weight is 268 g/mol. The Morgan fingerprint density at radius 1 is 1.15 bits per heavy atom. The van der Waals surface area contributed by atoms with Crippen molar-refractivity contribution in [3.8, 4) is 0 Å². The van der Waals surface area contributed by atoms with E-state index >= 15 is 0 Å². The Labute approximate surface area is 119 Å². The zero-order valence-electron chi connectivity index (χ0n) is 12.0. The Kier molecular flexibility index (Phi) is 3.72. The van der Waals surface area contributed by atoms with Crippen LogP contribution in [0.15, 0.2) is 42.5 Å². The van der Waals surface area contributed by atoms with Crippen LogP contribution in [0.4, 0.5) is 0 Å². The molecular formula is C17H20N2O. The number of nitrogens with one attached hydrogen (secondary N) is 1. The Balaban J connectivity index is 1.74. The van der Waals surface area contributed by atoms with Gasteiger partial charge < -0.3 is 4.90 Å². The summed E-state index contributed by atoms with van der Waals surface area (Å²) in [7, 11) is 4.08. The van der Waals surface area contributed by atoms with Gasteiger partial charge in [0, 0.05) is 12.1 Å². The fourth-order valence-corrected chi connectivity index (χ4v) is 2.58. The van der Waals surface area contributed by atoms with Gasteiger partial charge in [-0.05, 0) is 36.9 Å². The van der Waals surface area contributed by atoms with E-state index < -0.39 is 0 Å². The molecule has 1 N–H and O–H groups in total. The summed E-state index contributed by atoms with van der Waals surface area (Å²) >= 11 is 0. The van der Waals surface area contributed by atoms with Gasteiger partial charge in [0.05, 0.1) is 12.3 Å². The van der Waals surface area contributed by atoms with Crippen LogP contribution < -0.4 is 5.48 Å². The summed E-state index contributed by atoms with van der Waals surface area (Å²) in [5.74, 6) is 0. The number of likely N-dealkylation sites (N-methyl/N-ethyl adjacent to an activating group) is 1. The topological polar surface area (TPSA) is 24.5 Å². The molecule has 0 spiro atoms. The maximum atomic E-state index is 5.54. The highest BCUT2D eigenvalue weighted by molar-refractivity contribution is 5.92. The Morgan fingerprint density at radius 2 is 2.00 bits per heavy atom. The molecule has 0 aromatic heterocycles. The van der Waals surface area contributed by atoms with E-state index in [1.54, 1.807) is 0 Å². The molecule has 104 valence electrons. The van der Waals surface area contributed by atoms with Crippen LogP contribution in [0.5, 0.6) is 0 Å². The molecule has 0 aliphatic heterocycles. The predicted octanol–water partition coefficient (Wildman–Crippen LogP) is 2.82. The van der Waals surface area contributed by atoms with Crippen LogP contribution in [-0.4, -0.2) is 32.1 Å². The van der Waals surface area contributed by atoms with Crippen molar-refractivity contribution in [2.45, 2.75) is 6.42 Å². The lowest BCUT2D eigenvalue weighted by atomic mass is 10.00. The van der Waals surface area contributed by atoms with Crippen molar-refractivity contribution in [3.63, 3.8) is 0 Å². The molecule has 1 aliphatic carbocycles. The molecular weight excluding hydrogens is 248 g/mol. The molecule has 2 aromatic rings. The minimum atomic E-state index is 0.674. The molecule has 0 bridgehead atoms. The van der Waals surface area contributed by atoms with Gasteiger partial charge in [0.2, 0.25) is 0 Å². The Hall–Kier alpha value is -1.84. The molecule has 0 amide bonds. The molecule has 3 heteroatoms. The second kappa shape index (κ2) is 5.65. The maximum absolute atomic E-state index is 5.54. The van der Waals surface area contributed by atoms with E-state index in [2.05, 4.69) is 52.9 Å². The minimum absolute atomic E-state index is 0.674. The van der Waals surface area contributed by atoms with Crippen LogP contribution in [0.25, 0.3) is 16.5 Å². The first-order valence-electron chi connectivity index (χ1n) is 6.99. The van der Waals surface area contributed by atoms with Crippen molar-refractivity contribution in [2.75, 3.05) is 27.2 Å². The number of allylic oxidation sites excluding steroid dienone is 1. The molecule has 0 saturated heterocycles. The zero-order valence-corrected chi connectivity index (χ0v) is 12.0. The SMILES string of the molecule is CN(C)CCONC1=CCc2c1ccc1ccccc21. The summed E-state index contributed by atoms with van der Waals surface area (Å²) in [6.45, 7) is 1.58. The third kappa shape index (κ3) is 2.55. The Morgan fingerprint density at radius 3 is 2.85 bits per heavy atom. The van der Waals surface area contributed by atoms with Gasteiger partial charge in [-0.2, -0.15) is 0 Å². The second-order valence-electron chi connectivity index (χ2n) is 5.39. The largest absolute Gasteiger partial charge is 0.307 e. The lowest BCUT2D eigenvalue weighted by molar-refractivity contribution is 0.0669. The summed E-state index contributed by atoms with van der Waals surface area (Å²) < 4.78 is 0. The van der Waals surface area contributed by atoms with E-state index in [0.717, 1.165) is 18.7 Å². The van der Waals surface area contributed by atoms with Gasteiger partial charge in [-0.1, -0.05) is 42.5 Å². The van der Waals surface area contributed by atoms with E-state index in [1.165, 1.54) is 21.9 Å². The molecule has 3 nitrogen and oxygen atoms in total. The number of rotatable bonds is 5. The first kappa shape index (κ1) is 13.2. The standard InChI is InChI=1S/C17H20N2O/c1-19(2)11-12-20-18-17-10-9-15-14-6-4-3-5-13(14)7-8-16(15)17/h3-8,10,18H,9,11-12H2,1-2H3. The normalized spacial score (nSPS) is 13.7. The lowest BCUT2D eigenvalue weighted by Crippen LogP contribution is -2.22. The Bertz CT molecular complexity index is 646. The summed E-state index contributed by atoms with van der Waals surface area (Å²) in [5, 5.41) is 2.64. The second-order valence-corrected chi connectivity index (χ2v) is 5.39. The monoisotopic (exact) mass is 268 g/mol. The minimum Gasteiger partial charge on any atom is -0.307 e. The van der Waals surface area contributed by atoms with Crippen LogP contribution >= 0.6 is 0 Å². The number of hydrogen-bond acceptors (Lipinski definition) is 3. The van der Waals surface area contributed by atoms with Crippen molar-refractivity contribution in [1.29, 1.82) is 0 Å². The fourth-order valence-electron chi connectivity index (χ4n) is 2.58. The quantitative estimate of drug-likeness (QED) is 0.666. The molecule has 3 rings (SSSR count). The molecule has 0 atom stereocenters. The van der Waals surface area contributed by atoms with E-state index in [4.69, 9.17) is 4.84 Å². The summed E-state index contributed by atoms with van der Waals surface area (Å²) in [5.41, 5.74) is 6.83. The molecule has 0 fully saturated rings. The molecule has 1 aliphatic rings. The van der Waals surface area contributed by atoms with E-state index in [9.17, 15) is 0 Å². The van der Waals surface area contributed by atoms with Gasteiger partial charge in [0.1, 0.15) is 0 Å². The van der Waals surface area contributed by atoms with Crippen molar-refractivity contribution in [3.05, 3.63) is 53.6 Å². The van der Waals surface area contributed by atoms with Gasteiger partial charge in [0.15, 0.2) is 0 Å². The lowest BCUT2D eigenvalue weighted by Gasteiger charge is -2.13. The number of hydrogen-bond donors (Lipinski definition) is 1. The molecule has 2 aromatic carbocycles.